The lowest BCUT2D eigenvalue weighted by molar-refractivity contribution is -0.133. The highest BCUT2D eigenvalue weighted by molar-refractivity contribution is 7.08. The Bertz CT molecular complexity index is 433. The lowest BCUT2D eigenvalue weighted by atomic mass is 10.2. The molecule has 5 nitrogen and oxygen atoms in total. The van der Waals surface area contributed by atoms with Gasteiger partial charge in [-0.25, -0.2) is 0 Å². The van der Waals surface area contributed by atoms with Crippen molar-refractivity contribution >= 4 is 23.2 Å². The van der Waals surface area contributed by atoms with Crippen molar-refractivity contribution in [1.29, 1.82) is 0 Å². The molecule has 0 bridgehead atoms. The molecule has 0 saturated carbocycles. The van der Waals surface area contributed by atoms with Gasteiger partial charge in [0.25, 0.3) is 5.91 Å². The Morgan fingerprint density at radius 1 is 1.58 bits per heavy atom. The van der Waals surface area contributed by atoms with Crippen LogP contribution >= 0.6 is 11.3 Å². The molecule has 104 valence electrons. The van der Waals surface area contributed by atoms with E-state index in [1.54, 1.807) is 11.4 Å². The van der Waals surface area contributed by atoms with Gasteiger partial charge in [0.1, 0.15) is 0 Å². The molecule has 1 saturated heterocycles. The first kappa shape index (κ1) is 14.0. The van der Waals surface area contributed by atoms with Gasteiger partial charge in [-0.2, -0.15) is 11.3 Å². The molecule has 2 amide bonds. The van der Waals surface area contributed by atoms with Crippen molar-refractivity contribution in [2.24, 2.45) is 0 Å². The van der Waals surface area contributed by atoms with E-state index in [9.17, 15) is 9.59 Å². The number of thiophene rings is 1. The van der Waals surface area contributed by atoms with Crippen molar-refractivity contribution < 1.29 is 9.59 Å². The number of carbonyl (C=O) groups is 2. The van der Waals surface area contributed by atoms with Gasteiger partial charge in [-0.3, -0.25) is 9.59 Å². The molecular weight excluding hydrogens is 262 g/mol. The fourth-order valence-corrected chi connectivity index (χ4v) is 2.77. The monoisotopic (exact) mass is 281 g/mol. The number of amides is 2. The average molecular weight is 281 g/mol. The molecule has 1 aromatic heterocycles. The first-order valence-corrected chi connectivity index (χ1v) is 7.43. The molecule has 6 heteroatoms. The van der Waals surface area contributed by atoms with Crippen LogP contribution in [-0.2, 0) is 4.79 Å². The second kappa shape index (κ2) is 6.68. The van der Waals surface area contributed by atoms with Crippen LogP contribution in [0.5, 0.6) is 0 Å². The minimum atomic E-state index is -0.109. The van der Waals surface area contributed by atoms with Crippen molar-refractivity contribution in [3.8, 4) is 0 Å². The van der Waals surface area contributed by atoms with Crippen molar-refractivity contribution in [3.05, 3.63) is 22.4 Å². The SMILES string of the molecule is C[C@@H]1CNCCN1C(=O)CCNC(=O)c1ccsc1. The third-order valence-corrected chi connectivity index (χ3v) is 3.91. The Morgan fingerprint density at radius 2 is 2.42 bits per heavy atom. The van der Waals surface area contributed by atoms with E-state index < -0.39 is 0 Å². The minimum Gasteiger partial charge on any atom is -0.351 e. The molecule has 1 fully saturated rings. The van der Waals surface area contributed by atoms with Crippen LogP contribution in [0.15, 0.2) is 16.8 Å². The van der Waals surface area contributed by atoms with Gasteiger partial charge < -0.3 is 15.5 Å². The summed E-state index contributed by atoms with van der Waals surface area (Å²) in [5, 5.41) is 9.69. The molecule has 2 heterocycles. The summed E-state index contributed by atoms with van der Waals surface area (Å²) in [4.78, 5) is 25.6. The smallest absolute Gasteiger partial charge is 0.252 e. The van der Waals surface area contributed by atoms with Crippen LogP contribution in [0.25, 0.3) is 0 Å². The number of nitrogens with zero attached hydrogens (tertiary/aromatic N) is 1. The maximum absolute atomic E-state index is 12.0. The number of hydrogen-bond acceptors (Lipinski definition) is 4. The van der Waals surface area contributed by atoms with E-state index >= 15 is 0 Å². The van der Waals surface area contributed by atoms with E-state index in [1.807, 2.05) is 17.2 Å². The molecule has 1 aliphatic rings. The Kier molecular flexibility index (Phi) is 4.93. The predicted molar refractivity (Wildman–Crippen MR) is 75.3 cm³/mol. The highest BCUT2D eigenvalue weighted by Gasteiger charge is 2.22. The zero-order valence-corrected chi connectivity index (χ0v) is 11.8. The van der Waals surface area contributed by atoms with E-state index in [0.29, 0.717) is 18.5 Å². The zero-order valence-electron chi connectivity index (χ0n) is 11.0. The predicted octanol–water partition coefficient (Wildman–Crippen LogP) is 0.688. The van der Waals surface area contributed by atoms with E-state index in [0.717, 1.165) is 19.6 Å². The van der Waals surface area contributed by atoms with E-state index in [4.69, 9.17) is 0 Å². The highest BCUT2D eigenvalue weighted by atomic mass is 32.1. The lowest BCUT2D eigenvalue weighted by Gasteiger charge is -2.34. The summed E-state index contributed by atoms with van der Waals surface area (Å²) in [6.07, 6.45) is 0.361. The summed E-state index contributed by atoms with van der Waals surface area (Å²) in [6, 6.07) is 2.01. The first-order chi connectivity index (χ1) is 9.18. The maximum Gasteiger partial charge on any atom is 0.252 e. The Hall–Kier alpha value is -1.40. The molecule has 2 rings (SSSR count). The fourth-order valence-electron chi connectivity index (χ4n) is 2.13. The number of nitrogens with one attached hydrogen (secondary N) is 2. The van der Waals surface area contributed by atoms with Crippen molar-refractivity contribution in [2.75, 3.05) is 26.2 Å². The molecule has 0 spiro atoms. The van der Waals surface area contributed by atoms with E-state index in [2.05, 4.69) is 10.6 Å². The zero-order chi connectivity index (χ0) is 13.7. The van der Waals surface area contributed by atoms with Crippen LogP contribution in [-0.4, -0.2) is 48.9 Å². The Balaban J connectivity index is 1.73. The van der Waals surface area contributed by atoms with Gasteiger partial charge in [0.2, 0.25) is 5.91 Å². The average Bonchev–Trinajstić information content (AvgIpc) is 2.93. The van der Waals surface area contributed by atoms with Crippen molar-refractivity contribution in [1.82, 2.24) is 15.5 Å². The molecule has 2 N–H and O–H groups in total. The topological polar surface area (TPSA) is 61.4 Å². The summed E-state index contributed by atoms with van der Waals surface area (Å²) in [7, 11) is 0. The number of carbonyl (C=O) groups excluding carboxylic acids is 2. The summed E-state index contributed by atoms with van der Waals surface area (Å²) in [5.41, 5.74) is 0.660. The van der Waals surface area contributed by atoms with Crippen LogP contribution in [0.1, 0.15) is 23.7 Å². The van der Waals surface area contributed by atoms with Gasteiger partial charge in [0.05, 0.1) is 0 Å². The minimum absolute atomic E-state index is 0.109. The molecule has 0 unspecified atom stereocenters. The molecule has 0 aromatic carbocycles. The van der Waals surface area contributed by atoms with Crippen LogP contribution in [0, 0.1) is 0 Å². The number of rotatable bonds is 4. The second-order valence-corrected chi connectivity index (χ2v) is 5.44. The van der Waals surface area contributed by atoms with Gasteiger partial charge in [-0.1, -0.05) is 0 Å². The molecule has 0 aliphatic carbocycles. The third kappa shape index (κ3) is 3.78. The summed E-state index contributed by atoms with van der Waals surface area (Å²) < 4.78 is 0. The van der Waals surface area contributed by atoms with Crippen molar-refractivity contribution in [2.45, 2.75) is 19.4 Å². The largest absolute Gasteiger partial charge is 0.351 e. The standard InChI is InChI=1S/C13H19N3O2S/c1-10-8-14-5-6-16(10)12(17)2-4-15-13(18)11-3-7-19-9-11/h3,7,9-10,14H,2,4-6,8H2,1H3,(H,15,18)/t10-/m1/s1. The van der Waals surface area contributed by atoms with E-state index in [1.165, 1.54) is 11.3 Å². The highest BCUT2D eigenvalue weighted by Crippen LogP contribution is 2.06. The Labute approximate surface area is 117 Å². The molecule has 1 aromatic rings. The second-order valence-electron chi connectivity index (χ2n) is 4.66. The van der Waals surface area contributed by atoms with E-state index in [-0.39, 0.29) is 17.9 Å². The lowest BCUT2D eigenvalue weighted by Crippen LogP contribution is -2.52. The number of piperazine rings is 1. The molecular formula is C13H19N3O2S. The quantitative estimate of drug-likeness (QED) is 0.853. The van der Waals surface area contributed by atoms with Crippen LogP contribution in [0.2, 0.25) is 0 Å². The van der Waals surface area contributed by atoms with Gasteiger partial charge >= 0.3 is 0 Å². The summed E-state index contributed by atoms with van der Waals surface area (Å²) >= 11 is 1.49. The van der Waals surface area contributed by atoms with Gasteiger partial charge in [-0.05, 0) is 18.4 Å². The number of hydrogen-bond donors (Lipinski definition) is 2. The maximum atomic E-state index is 12.0. The van der Waals surface area contributed by atoms with Crippen LogP contribution < -0.4 is 10.6 Å². The molecule has 19 heavy (non-hydrogen) atoms. The molecule has 1 atom stereocenters. The van der Waals surface area contributed by atoms with Crippen LogP contribution in [0.3, 0.4) is 0 Å². The first-order valence-electron chi connectivity index (χ1n) is 6.49. The van der Waals surface area contributed by atoms with Crippen LogP contribution in [0.4, 0.5) is 0 Å². The normalized spacial score (nSPS) is 19.2. The Morgan fingerprint density at radius 3 is 3.11 bits per heavy atom. The molecule has 1 aliphatic heterocycles. The van der Waals surface area contributed by atoms with Gasteiger partial charge in [0, 0.05) is 49.6 Å². The summed E-state index contributed by atoms with van der Waals surface area (Å²) in [6.45, 7) is 4.86. The summed E-state index contributed by atoms with van der Waals surface area (Å²) in [5.74, 6) is 0.00188. The third-order valence-electron chi connectivity index (χ3n) is 3.23. The van der Waals surface area contributed by atoms with Crippen molar-refractivity contribution in [3.63, 3.8) is 0 Å². The molecule has 0 radical (unpaired) electrons. The van der Waals surface area contributed by atoms with Gasteiger partial charge in [0.15, 0.2) is 0 Å². The van der Waals surface area contributed by atoms with Gasteiger partial charge in [-0.15, -0.1) is 0 Å². The fraction of sp³-hybridized carbons (Fsp3) is 0.538.